The Bertz CT molecular complexity index is 751. The van der Waals surface area contributed by atoms with Crippen LogP contribution in [0.4, 0.5) is 20.6 Å². The molecule has 130 valence electrons. The van der Waals surface area contributed by atoms with Crippen LogP contribution in [-0.4, -0.2) is 29.9 Å². The summed E-state index contributed by atoms with van der Waals surface area (Å²) in [4.78, 5) is 26.3. The van der Waals surface area contributed by atoms with Gasteiger partial charge in [0.15, 0.2) is 0 Å². The number of nitrogens with one attached hydrogen (secondary N) is 2. The molecular formula is C19H20FN3O2. The molecule has 5 nitrogen and oxygen atoms in total. The Balaban J connectivity index is 1.59. The van der Waals surface area contributed by atoms with Crippen molar-refractivity contribution in [3.05, 3.63) is 60.4 Å². The topological polar surface area (TPSA) is 61.4 Å². The molecule has 1 fully saturated rings. The Hall–Kier alpha value is -2.89. The van der Waals surface area contributed by atoms with E-state index in [1.807, 2.05) is 30.3 Å². The van der Waals surface area contributed by atoms with E-state index in [0.29, 0.717) is 13.1 Å². The lowest BCUT2D eigenvalue weighted by Crippen LogP contribution is -2.45. The van der Waals surface area contributed by atoms with Crippen molar-refractivity contribution in [1.82, 2.24) is 4.90 Å². The minimum Gasteiger partial charge on any atom is -0.326 e. The van der Waals surface area contributed by atoms with Gasteiger partial charge in [0, 0.05) is 18.8 Å². The molecule has 0 aliphatic carbocycles. The molecule has 1 aliphatic heterocycles. The van der Waals surface area contributed by atoms with Crippen LogP contribution in [0.5, 0.6) is 0 Å². The number of rotatable bonds is 3. The van der Waals surface area contributed by atoms with Gasteiger partial charge in [0.1, 0.15) is 5.82 Å². The molecule has 3 amide bonds. The zero-order valence-corrected chi connectivity index (χ0v) is 13.7. The number of benzene rings is 2. The number of carbonyl (C=O) groups is 2. The summed E-state index contributed by atoms with van der Waals surface area (Å²) in [6.07, 6.45) is 1.46. The van der Waals surface area contributed by atoms with Gasteiger partial charge in [-0.25, -0.2) is 9.18 Å². The molecule has 1 heterocycles. The van der Waals surface area contributed by atoms with E-state index in [0.717, 1.165) is 18.5 Å². The maximum absolute atomic E-state index is 13.7. The fourth-order valence-corrected chi connectivity index (χ4v) is 2.90. The summed E-state index contributed by atoms with van der Waals surface area (Å²) >= 11 is 0. The molecule has 1 aliphatic rings. The summed E-state index contributed by atoms with van der Waals surface area (Å²) in [5.74, 6) is -0.860. The molecule has 0 aromatic heterocycles. The van der Waals surface area contributed by atoms with Gasteiger partial charge in [-0.2, -0.15) is 0 Å². The minimum atomic E-state index is -0.480. The van der Waals surface area contributed by atoms with Crippen molar-refractivity contribution in [2.24, 2.45) is 5.92 Å². The van der Waals surface area contributed by atoms with Crippen molar-refractivity contribution >= 4 is 23.3 Å². The number of hydrogen-bond acceptors (Lipinski definition) is 2. The highest BCUT2D eigenvalue weighted by atomic mass is 19.1. The lowest BCUT2D eigenvalue weighted by molar-refractivity contribution is -0.121. The quantitative estimate of drug-likeness (QED) is 0.894. The molecule has 2 N–H and O–H groups in total. The van der Waals surface area contributed by atoms with Crippen LogP contribution in [0, 0.1) is 11.7 Å². The minimum absolute atomic E-state index is 0.102. The van der Waals surface area contributed by atoms with E-state index >= 15 is 0 Å². The number of amides is 3. The molecule has 2 aromatic rings. The van der Waals surface area contributed by atoms with Crippen molar-refractivity contribution < 1.29 is 14.0 Å². The molecule has 25 heavy (non-hydrogen) atoms. The molecule has 0 saturated carbocycles. The van der Waals surface area contributed by atoms with Gasteiger partial charge in [0.2, 0.25) is 5.91 Å². The summed E-state index contributed by atoms with van der Waals surface area (Å²) in [6, 6.07) is 14.9. The highest BCUT2D eigenvalue weighted by Crippen LogP contribution is 2.20. The Morgan fingerprint density at radius 1 is 1.00 bits per heavy atom. The van der Waals surface area contributed by atoms with Gasteiger partial charge < -0.3 is 15.5 Å². The standard InChI is InChI=1S/C19H20FN3O2/c20-16-10-4-5-11-17(16)22-19(25)23-12-6-7-14(13-23)18(24)21-15-8-2-1-3-9-15/h1-5,8-11,14H,6-7,12-13H2,(H,21,24)(H,22,25). The number of likely N-dealkylation sites (tertiary alicyclic amines) is 1. The second-order valence-electron chi connectivity index (χ2n) is 6.05. The van der Waals surface area contributed by atoms with E-state index in [4.69, 9.17) is 0 Å². The van der Waals surface area contributed by atoms with Crippen molar-refractivity contribution in [3.8, 4) is 0 Å². The summed E-state index contributed by atoms with van der Waals surface area (Å²) in [5.41, 5.74) is 0.879. The van der Waals surface area contributed by atoms with Crippen molar-refractivity contribution in [2.45, 2.75) is 12.8 Å². The molecule has 0 radical (unpaired) electrons. The third-order valence-electron chi connectivity index (χ3n) is 4.24. The van der Waals surface area contributed by atoms with Gasteiger partial charge in [-0.15, -0.1) is 0 Å². The van der Waals surface area contributed by atoms with E-state index < -0.39 is 5.82 Å². The predicted octanol–water partition coefficient (Wildman–Crippen LogP) is 3.71. The zero-order chi connectivity index (χ0) is 17.6. The predicted molar refractivity (Wildman–Crippen MR) is 94.8 cm³/mol. The van der Waals surface area contributed by atoms with Gasteiger partial charge in [-0.05, 0) is 37.1 Å². The van der Waals surface area contributed by atoms with E-state index in [1.54, 1.807) is 17.0 Å². The van der Waals surface area contributed by atoms with Gasteiger partial charge in [0.05, 0.1) is 11.6 Å². The van der Waals surface area contributed by atoms with Gasteiger partial charge in [0.25, 0.3) is 0 Å². The first-order valence-corrected chi connectivity index (χ1v) is 8.30. The van der Waals surface area contributed by atoms with Crippen LogP contribution in [0.2, 0.25) is 0 Å². The van der Waals surface area contributed by atoms with Crippen LogP contribution in [0.3, 0.4) is 0 Å². The fourth-order valence-electron chi connectivity index (χ4n) is 2.90. The van der Waals surface area contributed by atoms with Crippen molar-refractivity contribution in [1.29, 1.82) is 0 Å². The normalized spacial score (nSPS) is 17.0. The maximum Gasteiger partial charge on any atom is 0.321 e. The number of hydrogen-bond donors (Lipinski definition) is 2. The Kier molecular flexibility index (Phi) is 5.28. The molecule has 0 spiro atoms. The van der Waals surface area contributed by atoms with Crippen LogP contribution >= 0.6 is 0 Å². The number of anilines is 2. The molecule has 2 aromatic carbocycles. The van der Waals surface area contributed by atoms with E-state index in [1.165, 1.54) is 12.1 Å². The number of urea groups is 1. The van der Waals surface area contributed by atoms with Gasteiger partial charge in [-0.1, -0.05) is 30.3 Å². The number of para-hydroxylation sites is 2. The first-order chi connectivity index (χ1) is 12.1. The number of carbonyl (C=O) groups excluding carboxylic acids is 2. The summed E-state index contributed by atoms with van der Waals surface area (Å²) in [6.45, 7) is 0.869. The van der Waals surface area contributed by atoms with Gasteiger partial charge >= 0.3 is 6.03 Å². The molecule has 0 bridgehead atoms. The van der Waals surface area contributed by atoms with E-state index in [2.05, 4.69) is 10.6 Å². The van der Waals surface area contributed by atoms with E-state index in [-0.39, 0.29) is 23.5 Å². The second kappa shape index (κ2) is 7.79. The summed E-state index contributed by atoms with van der Waals surface area (Å²) < 4.78 is 13.7. The molecule has 3 rings (SSSR count). The van der Waals surface area contributed by atoms with E-state index in [9.17, 15) is 14.0 Å². The Morgan fingerprint density at radius 2 is 1.72 bits per heavy atom. The maximum atomic E-state index is 13.7. The molecule has 1 unspecified atom stereocenters. The van der Waals surface area contributed by atoms with Crippen LogP contribution in [-0.2, 0) is 4.79 Å². The van der Waals surface area contributed by atoms with Crippen LogP contribution < -0.4 is 10.6 Å². The lowest BCUT2D eigenvalue weighted by atomic mass is 9.97. The number of nitrogens with zero attached hydrogens (tertiary/aromatic N) is 1. The monoisotopic (exact) mass is 341 g/mol. The highest BCUT2D eigenvalue weighted by molar-refractivity contribution is 5.94. The number of piperidine rings is 1. The average molecular weight is 341 g/mol. The van der Waals surface area contributed by atoms with Gasteiger partial charge in [-0.3, -0.25) is 4.79 Å². The molecular weight excluding hydrogens is 321 g/mol. The smallest absolute Gasteiger partial charge is 0.321 e. The SMILES string of the molecule is O=C(Nc1ccccc1)C1CCCN(C(=O)Nc2ccccc2F)C1. The third kappa shape index (κ3) is 4.35. The second-order valence-corrected chi connectivity index (χ2v) is 6.05. The molecule has 1 saturated heterocycles. The summed E-state index contributed by atoms with van der Waals surface area (Å²) in [5, 5.41) is 5.44. The van der Waals surface area contributed by atoms with Crippen LogP contribution in [0.15, 0.2) is 54.6 Å². The largest absolute Gasteiger partial charge is 0.326 e. The first-order valence-electron chi connectivity index (χ1n) is 8.30. The van der Waals surface area contributed by atoms with Crippen molar-refractivity contribution in [3.63, 3.8) is 0 Å². The Morgan fingerprint density at radius 3 is 2.48 bits per heavy atom. The molecule has 6 heteroatoms. The summed E-state index contributed by atoms with van der Waals surface area (Å²) in [7, 11) is 0. The Labute approximate surface area is 145 Å². The highest BCUT2D eigenvalue weighted by Gasteiger charge is 2.28. The zero-order valence-electron chi connectivity index (χ0n) is 13.7. The number of halogens is 1. The lowest BCUT2D eigenvalue weighted by Gasteiger charge is -2.32. The third-order valence-corrected chi connectivity index (χ3v) is 4.24. The van der Waals surface area contributed by atoms with Crippen LogP contribution in [0.25, 0.3) is 0 Å². The average Bonchev–Trinajstić information content (AvgIpc) is 2.64. The molecule has 1 atom stereocenters. The van der Waals surface area contributed by atoms with Crippen molar-refractivity contribution in [2.75, 3.05) is 23.7 Å². The van der Waals surface area contributed by atoms with Crippen LogP contribution in [0.1, 0.15) is 12.8 Å². The fraction of sp³-hybridized carbons (Fsp3) is 0.263. The first kappa shape index (κ1) is 17.0.